The van der Waals surface area contributed by atoms with E-state index in [2.05, 4.69) is 4.74 Å². The maximum atomic E-state index is 13.1. The van der Waals surface area contributed by atoms with Crippen molar-refractivity contribution in [3.63, 3.8) is 0 Å². The van der Waals surface area contributed by atoms with Gasteiger partial charge in [0.2, 0.25) is 0 Å². The molecule has 5 heteroatoms. The van der Waals surface area contributed by atoms with Crippen molar-refractivity contribution in [3.05, 3.63) is 23.8 Å². The summed E-state index contributed by atoms with van der Waals surface area (Å²) in [6.07, 6.45) is 0. The smallest absolute Gasteiger partial charge is 0.191 e. The minimum atomic E-state index is -0.796. The van der Waals surface area contributed by atoms with E-state index in [0.717, 1.165) is 12.1 Å². The Balaban J connectivity index is 2.93. The van der Waals surface area contributed by atoms with E-state index < -0.39 is 17.4 Å². The Morgan fingerprint density at radius 1 is 1.29 bits per heavy atom. The second-order valence-electron chi connectivity index (χ2n) is 2.56. The first kappa shape index (κ1) is 10.7. The van der Waals surface area contributed by atoms with E-state index in [0.29, 0.717) is 0 Å². The molecule has 0 unspecified atom stereocenters. The van der Waals surface area contributed by atoms with Crippen molar-refractivity contribution in [2.45, 2.75) is 0 Å². The molecule has 2 N–H and O–H groups in total. The van der Waals surface area contributed by atoms with Crippen LogP contribution < -0.4 is 15.2 Å². The molecule has 0 saturated heterocycles. The third kappa shape index (κ3) is 2.32. The van der Waals surface area contributed by atoms with Crippen molar-refractivity contribution in [2.75, 3.05) is 20.3 Å². The zero-order valence-corrected chi connectivity index (χ0v) is 7.72. The molecular weight excluding hydrogens is 192 g/mol. The summed E-state index contributed by atoms with van der Waals surface area (Å²) in [7, 11) is 1.33. The number of methoxy groups -OCH3 is 1. The third-order valence-corrected chi connectivity index (χ3v) is 1.57. The maximum absolute atomic E-state index is 13.1. The molecule has 1 aromatic carbocycles. The normalized spacial score (nSPS) is 10.0. The monoisotopic (exact) mass is 203 g/mol. The summed E-state index contributed by atoms with van der Waals surface area (Å²) in [5.41, 5.74) is 5.14. The van der Waals surface area contributed by atoms with Crippen molar-refractivity contribution in [2.24, 2.45) is 5.73 Å². The molecular formula is C9H11F2NO2. The van der Waals surface area contributed by atoms with Crippen LogP contribution in [0, 0.1) is 11.6 Å². The number of hydrogen-bond acceptors (Lipinski definition) is 3. The summed E-state index contributed by atoms with van der Waals surface area (Å²) >= 11 is 0. The molecule has 0 heterocycles. The van der Waals surface area contributed by atoms with Gasteiger partial charge in [-0.15, -0.1) is 0 Å². The Morgan fingerprint density at radius 2 is 1.86 bits per heavy atom. The lowest BCUT2D eigenvalue weighted by Crippen LogP contribution is -2.12. The van der Waals surface area contributed by atoms with Gasteiger partial charge in [0.25, 0.3) is 0 Å². The predicted octanol–water partition coefficient (Wildman–Crippen LogP) is 1.31. The number of halogens is 2. The Hall–Kier alpha value is -1.36. The predicted molar refractivity (Wildman–Crippen MR) is 47.5 cm³/mol. The van der Waals surface area contributed by atoms with Gasteiger partial charge in [0.05, 0.1) is 7.11 Å². The van der Waals surface area contributed by atoms with Gasteiger partial charge < -0.3 is 15.2 Å². The van der Waals surface area contributed by atoms with E-state index in [9.17, 15) is 8.78 Å². The molecule has 0 aliphatic rings. The minimum absolute atomic E-state index is 0.0696. The van der Waals surface area contributed by atoms with Crippen LogP contribution in [-0.4, -0.2) is 20.3 Å². The Bertz CT molecular complexity index is 295. The highest BCUT2D eigenvalue weighted by atomic mass is 19.1. The molecule has 0 radical (unpaired) electrons. The first-order valence-electron chi connectivity index (χ1n) is 4.05. The van der Waals surface area contributed by atoms with Crippen molar-refractivity contribution in [1.29, 1.82) is 0 Å². The second-order valence-corrected chi connectivity index (χ2v) is 2.56. The molecule has 0 bridgehead atoms. The van der Waals surface area contributed by atoms with Gasteiger partial charge >= 0.3 is 0 Å². The van der Waals surface area contributed by atoms with E-state index in [-0.39, 0.29) is 18.9 Å². The average Bonchev–Trinajstić information content (AvgIpc) is 2.16. The van der Waals surface area contributed by atoms with Crippen LogP contribution in [0.1, 0.15) is 0 Å². The summed E-state index contributed by atoms with van der Waals surface area (Å²) in [6, 6.07) is 2.10. The Morgan fingerprint density at radius 3 is 2.29 bits per heavy atom. The SMILES string of the molecule is COc1cc(F)c(OCCN)c(F)c1. The standard InChI is InChI=1S/C9H11F2NO2/c1-13-6-4-7(10)9(8(11)5-6)14-3-2-12/h4-5H,2-3,12H2,1H3. The van der Waals surface area contributed by atoms with Crippen LogP contribution in [0.3, 0.4) is 0 Å². The highest BCUT2D eigenvalue weighted by Gasteiger charge is 2.12. The fourth-order valence-electron chi connectivity index (χ4n) is 0.953. The molecule has 78 valence electrons. The molecule has 0 amide bonds. The van der Waals surface area contributed by atoms with Crippen molar-refractivity contribution >= 4 is 0 Å². The molecule has 0 aliphatic heterocycles. The molecule has 0 saturated carbocycles. The third-order valence-electron chi connectivity index (χ3n) is 1.57. The molecule has 3 nitrogen and oxygen atoms in total. The molecule has 0 aliphatic carbocycles. The lowest BCUT2D eigenvalue weighted by Gasteiger charge is -2.08. The summed E-state index contributed by atoms with van der Waals surface area (Å²) < 4.78 is 35.7. The zero-order valence-electron chi connectivity index (χ0n) is 7.72. The number of hydrogen-bond donors (Lipinski definition) is 1. The zero-order chi connectivity index (χ0) is 10.6. The number of benzene rings is 1. The number of rotatable bonds is 4. The van der Waals surface area contributed by atoms with Crippen LogP contribution in [0.2, 0.25) is 0 Å². The first-order valence-corrected chi connectivity index (χ1v) is 4.05. The van der Waals surface area contributed by atoms with Crippen molar-refractivity contribution in [3.8, 4) is 11.5 Å². The van der Waals surface area contributed by atoms with Gasteiger partial charge in [0.1, 0.15) is 12.4 Å². The summed E-state index contributed by atoms with van der Waals surface area (Å²) in [5.74, 6) is -1.90. The minimum Gasteiger partial charge on any atom is -0.497 e. The first-order chi connectivity index (χ1) is 6.69. The summed E-state index contributed by atoms with van der Waals surface area (Å²) in [4.78, 5) is 0. The van der Waals surface area contributed by atoms with E-state index in [4.69, 9.17) is 10.5 Å². The fraction of sp³-hybridized carbons (Fsp3) is 0.333. The molecule has 0 atom stereocenters. The van der Waals surface area contributed by atoms with Crippen LogP contribution in [0.4, 0.5) is 8.78 Å². The van der Waals surface area contributed by atoms with Gasteiger partial charge in [0.15, 0.2) is 17.4 Å². The largest absolute Gasteiger partial charge is 0.497 e. The van der Waals surface area contributed by atoms with Crippen LogP contribution in [0.25, 0.3) is 0 Å². The van der Waals surface area contributed by atoms with E-state index in [1.807, 2.05) is 0 Å². The van der Waals surface area contributed by atoms with Gasteiger partial charge in [-0.2, -0.15) is 0 Å². The van der Waals surface area contributed by atoms with Crippen LogP contribution in [0.15, 0.2) is 12.1 Å². The van der Waals surface area contributed by atoms with Gasteiger partial charge in [-0.25, -0.2) is 8.78 Å². The average molecular weight is 203 g/mol. The Labute approximate surface area is 80.4 Å². The number of nitrogens with two attached hydrogens (primary N) is 1. The highest BCUT2D eigenvalue weighted by molar-refractivity contribution is 5.34. The van der Waals surface area contributed by atoms with Crippen molar-refractivity contribution < 1.29 is 18.3 Å². The second kappa shape index (κ2) is 4.76. The van der Waals surface area contributed by atoms with Gasteiger partial charge in [-0.05, 0) is 0 Å². The quantitative estimate of drug-likeness (QED) is 0.802. The molecule has 1 aromatic rings. The summed E-state index contributed by atoms with van der Waals surface area (Å²) in [5, 5.41) is 0. The fourth-order valence-corrected chi connectivity index (χ4v) is 0.953. The van der Waals surface area contributed by atoms with E-state index >= 15 is 0 Å². The highest BCUT2D eigenvalue weighted by Crippen LogP contribution is 2.26. The lowest BCUT2D eigenvalue weighted by molar-refractivity contribution is 0.291. The Kier molecular flexibility index (Phi) is 3.64. The number of ether oxygens (including phenoxy) is 2. The van der Waals surface area contributed by atoms with Gasteiger partial charge in [-0.1, -0.05) is 0 Å². The lowest BCUT2D eigenvalue weighted by atomic mass is 10.3. The maximum Gasteiger partial charge on any atom is 0.191 e. The molecule has 0 spiro atoms. The topological polar surface area (TPSA) is 44.5 Å². The summed E-state index contributed by atoms with van der Waals surface area (Å²) in [6.45, 7) is 0.269. The van der Waals surface area contributed by atoms with Crippen LogP contribution in [0.5, 0.6) is 11.5 Å². The van der Waals surface area contributed by atoms with Crippen LogP contribution in [-0.2, 0) is 0 Å². The molecule has 14 heavy (non-hydrogen) atoms. The van der Waals surface area contributed by atoms with Crippen molar-refractivity contribution in [1.82, 2.24) is 0 Å². The molecule has 0 fully saturated rings. The van der Waals surface area contributed by atoms with Gasteiger partial charge in [-0.3, -0.25) is 0 Å². The van der Waals surface area contributed by atoms with Crippen LogP contribution >= 0.6 is 0 Å². The molecule has 1 rings (SSSR count). The molecule has 0 aromatic heterocycles. The van der Waals surface area contributed by atoms with Gasteiger partial charge in [0, 0.05) is 18.7 Å². The van der Waals surface area contributed by atoms with E-state index in [1.54, 1.807) is 0 Å². The van der Waals surface area contributed by atoms with E-state index in [1.165, 1.54) is 7.11 Å².